The van der Waals surface area contributed by atoms with E-state index in [1.165, 1.54) is 28.8 Å². The quantitative estimate of drug-likeness (QED) is 0.617. The Bertz CT molecular complexity index is 315. The van der Waals surface area contributed by atoms with Crippen LogP contribution < -0.4 is 5.32 Å². The number of hydrogen-bond donors (Lipinski definition) is 1. The molecule has 2 rings (SSSR count). The van der Waals surface area contributed by atoms with Crippen molar-refractivity contribution in [3.05, 3.63) is 28.8 Å². The summed E-state index contributed by atoms with van der Waals surface area (Å²) < 4.78 is 0. The molecule has 0 radical (unpaired) electrons. The summed E-state index contributed by atoms with van der Waals surface area (Å²) in [5.74, 6) is 0. The molecule has 0 saturated heterocycles. The summed E-state index contributed by atoms with van der Waals surface area (Å²) in [6, 6.07) is 5.14. The maximum Gasteiger partial charge on any atom is 0.0405 e. The number of rotatable bonds is 0. The maximum atomic E-state index is 3.49. The van der Waals surface area contributed by atoms with Crippen molar-refractivity contribution >= 4 is 5.69 Å². The van der Waals surface area contributed by atoms with Gasteiger partial charge in [0.2, 0.25) is 0 Å². The SMILES string of the molecule is Cc1cc(C)c2c(c1)C[C@@H](C)N2. The Morgan fingerprint density at radius 2 is 2.08 bits per heavy atom. The minimum Gasteiger partial charge on any atom is -0.382 e. The first-order chi connectivity index (χ1) is 5.66. The van der Waals surface area contributed by atoms with Crippen LogP contribution in [-0.4, -0.2) is 6.04 Å². The molecule has 1 aliphatic heterocycles. The van der Waals surface area contributed by atoms with Crippen molar-refractivity contribution < 1.29 is 0 Å². The number of hydrogen-bond acceptors (Lipinski definition) is 1. The van der Waals surface area contributed by atoms with E-state index in [9.17, 15) is 0 Å². The normalized spacial score (nSPS) is 20.4. The van der Waals surface area contributed by atoms with E-state index in [0.29, 0.717) is 6.04 Å². The van der Waals surface area contributed by atoms with Gasteiger partial charge in [-0.25, -0.2) is 0 Å². The van der Waals surface area contributed by atoms with Crippen LogP contribution in [0.1, 0.15) is 23.6 Å². The molecule has 0 aliphatic carbocycles. The smallest absolute Gasteiger partial charge is 0.0405 e. The van der Waals surface area contributed by atoms with Crippen LogP contribution in [0, 0.1) is 13.8 Å². The fourth-order valence-electron chi connectivity index (χ4n) is 2.05. The third kappa shape index (κ3) is 1.09. The van der Waals surface area contributed by atoms with E-state index in [0.717, 1.165) is 0 Å². The lowest BCUT2D eigenvalue weighted by molar-refractivity contribution is 0.839. The lowest BCUT2D eigenvalue weighted by atomic mass is 10.0. The van der Waals surface area contributed by atoms with Crippen LogP contribution in [0.4, 0.5) is 5.69 Å². The van der Waals surface area contributed by atoms with Crippen molar-refractivity contribution in [3.63, 3.8) is 0 Å². The average Bonchev–Trinajstić information content (AvgIpc) is 2.29. The van der Waals surface area contributed by atoms with E-state index in [2.05, 4.69) is 38.2 Å². The van der Waals surface area contributed by atoms with Gasteiger partial charge in [-0.05, 0) is 38.3 Å². The Morgan fingerprint density at radius 3 is 2.83 bits per heavy atom. The molecule has 0 unspecified atom stereocenters. The van der Waals surface area contributed by atoms with Crippen LogP contribution in [0.2, 0.25) is 0 Å². The standard InChI is InChI=1S/C11H15N/c1-7-4-8(2)11-10(5-7)6-9(3)12-11/h4-5,9,12H,6H2,1-3H3/t9-/m1/s1. The topological polar surface area (TPSA) is 12.0 Å². The van der Waals surface area contributed by atoms with Crippen LogP contribution in [0.25, 0.3) is 0 Å². The molecule has 12 heavy (non-hydrogen) atoms. The van der Waals surface area contributed by atoms with Crippen LogP contribution in [0.3, 0.4) is 0 Å². The van der Waals surface area contributed by atoms with Crippen molar-refractivity contribution in [2.24, 2.45) is 0 Å². The summed E-state index contributed by atoms with van der Waals surface area (Å²) in [5.41, 5.74) is 5.62. The molecule has 1 heteroatoms. The van der Waals surface area contributed by atoms with Gasteiger partial charge in [0.25, 0.3) is 0 Å². The molecule has 0 bridgehead atoms. The number of fused-ring (bicyclic) bond motifs is 1. The van der Waals surface area contributed by atoms with E-state index in [1.807, 2.05) is 0 Å². The zero-order chi connectivity index (χ0) is 8.72. The summed E-state index contributed by atoms with van der Waals surface area (Å²) >= 11 is 0. The van der Waals surface area contributed by atoms with E-state index in [4.69, 9.17) is 0 Å². The molecule has 0 aromatic heterocycles. The molecule has 0 saturated carbocycles. The molecule has 1 atom stereocenters. The lowest BCUT2D eigenvalue weighted by Crippen LogP contribution is -2.08. The first-order valence-corrected chi connectivity index (χ1v) is 4.53. The van der Waals surface area contributed by atoms with Crippen LogP contribution in [-0.2, 0) is 6.42 Å². The average molecular weight is 161 g/mol. The Hall–Kier alpha value is -0.980. The lowest BCUT2D eigenvalue weighted by Gasteiger charge is -2.06. The second kappa shape index (κ2) is 2.51. The van der Waals surface area contributed by atoms with Gasteiger partial charge in [0.05, 0.1) is 0 Å². The second-order valence-corrected chi connectivity index (χ2v) is 3.87. The van der Waals surface area contributed by atoms with Crippen molar-refractivity contribution in [1.82, 2.24) is 0 Å². The molecule has 1 N–H and O–H groups in total. The van der Waals surface area contributed by atoms with Gasteiger partial charge in [-0.2, -0.15) is 0 Å². The van der Waals surface area contributed by atoms with Gasteiger partial charge in [-0.15, -0.1) is 0 Å². The number of nitrogens with one attached hydrogen (secondary N) is 1. The molecule has 1 heterocycles. The van der Waals surface area contributed by atoms with Crippen LogP contribution in [0.15, 0.2) is 12.1 Å². The fourth-order valence-corrected chi connectivity index (χ4v) is 2.05. The molecule has 1 nitrogen and oxygen atoms in total. The van der Waals surface area contributed by atoms with Crippen LogP contribution in [0.5, 0.6) is 0 Å². The Morgan fingerprint density at radius 1 is 1.33 bits per heavy atom. The molecule has 1 aliphatic rings. The monoisotopic (exact) mass is 161 g/mol. The highest BCUT2D eigenvalue weighted by molar-refractivity contribution is 5.62. The zero-order valence-electron chi connectivity index (χ0n) is 7.94. The van der Waals surface area contributed by atoms with Crippen molar-refractivity contribution in [1.29, 1.82) is 0 Å². The van der Waals surface area contributed by atoms with E-state index >= 15 is 0 Å². The number of benzene rings is 1. The van der Waals surface area contributed by atoms with E-state index < -0.39 is 0 Å². The van der Waals surface area contributed by atoms with Gasteiger partial charge in [0.15, 0.2) is 0 Å². The van der Waals surface area contributed by atoms with Gasteiger partial charge >= 0.3 is 0 Å². The molecule has 1 aromatic rings. The highest BCUT2D eigenvalue weighted by Crippen LogP contribution is 2.29. The molecular formula is C11H15N. The summed E-state index contributed by atoms with van der Waals surface area (Å²) in [6.07, 6.45) is 1.18. The molecule has 0 amide bonds. The highest BCUT2D eigenvalue weighted by Gasteiger charge is 2.17. The minimum absolute atomic E-state index is 0.612. The van der Waals surface area contributed by atoms with E-state index in [1.54, 1.807) is 0 Å². The molecular weight excluding hydrogens is 146 g/mol. The van der Waals surface area contributed by atoms with Crippen LogP contribution >= 0.6 is 0 Å². The molecule has 64 valence electrons. The van der Waals surface area contributed by atoms with Gasteiger partial charge in [-0.3, -0.25) is 0 Å². The summed E-state index contributed by atoms with van der Waals surface area (Å²) in [4.78, 5) is 0. The third-order valence-corrected chi connectivity index (χ3v) is 2.48. The first kappa shape index (κ1) is 7.66. The predicted octanol–water partition coefficient (Wildman–Crippen LogP) is 2.66. The highest BCUT2D eigenvalue weighted by atomic mass is 14.9. The second-order valence-electron chi connectivity index (χ2n) is 3.87. The Kier molecular flexibility index (Phi) is 1.60. The van der Waals surface area contributed by atoms with Crippen molar-refractivity contribution in [2.45, 2.75) is 33.2 Å². The predicted molar refractivity (Wildman–Crippen MR) is 52.7 cm³/mol. The summed E-state index contributed by atoms with van der Waals surface area (Å²) in [7, 11) is 0. The largest absolute Gasteiger partial charge is 0.382 e. The van der Waals surface area contributed by atoms with Gasteiger partial charge < -0.3 is 5.32 Å². The maximum absolute atomic E-state index is 3.49. The number of aryl methyl sites for hydroxylation is 2. The first-order valence-electron chi connectivity index (χ1n) is 4.53. The molecule has 0 fully saturated rings. The van der Waals surface area contributed by atoms with E-state index in [-0.39, 0.29) is 0 Å². The van der Waals surface area contributed by atoms with Gasteiger partial charge in [-0.1, -0.05) is 17.7 Å². The summed E-state index contributed by atoms with van der Waals surface area (Å²) in [6.45, 7) is 6.57. The number of anilines is 1. The molecule has 0 spiro atoms. The van der Waals surface area contributed by atoms with Crippen molar-refractivity contribution in [2.75, 3.05) is 5.32 Å². The zero-order valence-corrected chi connectivity index (χ0v) is 7.94. The molecule has 1 aromatic carbocycles. The van der Waals surface area contributed by atoms with Crippen molar-refractivity contribution in [3.8, 4) is 0 Å². The van der Waals surface area contributed by atoms with Gasteiger partial charge in [0, 0.05) is 11.7 Å². The summed E-state index contributed by atoms with van der Waals surface area (Å²) in [5, 5.41) is 3.49. The van der Waals surface area contributed by atoms with Gasteiger partial charge in [0.1, 0.15) is 0 Å². The fraction of sp³-hybridized carbons (Fsp3) is 0.455. The minimum atomic E-state index is 0.612. The third-order valence-electron chi connectivity index (χ3n) is 2.48. The Balaban J connectivity index is 2.52. The Labute approximate surface area is 73.8 Å².